The molecule has 1 aliphatic rings. The summed E-state index contributed by atoms with van der Waals surface area (Å²) >= 11 is 0. The Kier molecular flexibility index (Phi) is 3.84. The van der Waals surface area contributed by atoms with Crippen LogP contribution in [0.5, 0.6) is 0 Å². The lowest BCUT2D eigenvalue weighted by atomic mass is 10.1. The van der Waals surface area contributed by atoms with Crippen LogP contribution in [0.2, 0.25) is 0 Å². The van der Waals surface area contributed by atoms with Gasteiger partial charge in [-0.1, -0.05) is 29.4 Å². The van der Waals surface area contributed by atoms with Gasteiger partial charge in [-0.2, -0.15) is 4.98 Å². The molecule has 1 aromatic carbocycles. The van der Waals surface area contributed by atoms with Gasteiger partial charge in [-0.15, -0.1) is 0 Å². The summed E-state index contributed by atoms with van der Waals surface area (Å²) in [6.07, 6.45) is 3.73. The Morgan fingerprint density at radius 1 is 1.25 bits per heavy atom. The maximum atomic E-state index is 10.6. The van der Waals surface area contributed by atoms with Crippen LogP contribution in [0.3, 0.4) is 0 Å². The summed E-state index contributed by atoms with van der Waals surface area (Å²) in [5.74, 6) is 1.06. The maximum absolute atomic E-state index is 10.6. The Hall–Kier alpha value is -2.57. The van der Waals surface area contributed by atoms with E-state index in [0.717, 1.165) is 17.5 Å². The van der Waals surface area contributed by atoms with Crippen molar-refractivity contribution in [1.29, 1.82) is 0 Å². The van der Waals surface area contributed by atoms with Crippen molar-refractivity contribution >= 4 is 0 Å². The van der Waals surface area contributed by atoms with E-state index >= 15 is 0 Å². The first-order chi connectivity index (χ1) is 11.7. The van der Waals surface area contributed by atoms with E-state index in [1.807, 2.05) is 37.4 Å². The number of hydrogen-bond acceptors (Lipinski definition) is 6. The molecule has 1 aliphatic carbocycles. The molecule has 4 rings (SSSR count). The first kappa shape index (κ1) is 15.0. The molecule has 0 amide bonds. The highest BCUT2D eigenvalue weighted by atomic mass is 16.5. The molecule has 0 unspecified atom stereocenters. The smallest absolute Gasteiger partial charge is 0.241 e. The van der Waals surface area contributed by atoms with Gasteiger partial charge in [0.15, 0.2) is 0 Å². The van der Waals surface area contributed by atoms with Gasteiger partial charge < -0.3 is 9.63 Å². The van der Waals surface area contributed by atoms with Crippen LogP contribution in [0.25, 0.3) is 11.4 Å². The molecule has 2 aromatic heterocycles. The molecule has 0 fully saturated rings. The summed E-state index contributed by atoms with van der Waals surface area (Å²) in [6.45, 7) is 0.489. The Balaban J connectivity index is 1.48. The highest BCUT2D eigenvalue weighted by molar-refractivity contribution is 5.51. The van der Waals surface area contributed by atoms with Gasteiger partial charge in [0, 0.05) is 24.0 Å². The summed E-state index contributed by atoms with van der Waals surface area (Å²) in [6, 6.07) is 11.8. The van der Waals surface area contributed by atoms with Gasteiger partial charge in [0.1, 0.15) is 0 Å². The fourth-order valence-corrected chi connectivity index (χ4v) is 3.21. The van der Waals surface area contributed by atoms with Crippen LogP contribution in [-0.2, 0) is 13.0 Å². The number of rotatable bonds is 4. The third kappa shape index (κ3) is 2.70. The van der Waals surface area contributed by atoms with E-state index in [1.54, 1.807) is 12.4 Å². The third-order valence-corrected chi connectivity index (χ3v) is 4.51. The summed E-state index contributed by atoms with van der Waals surface area (Å²) in [5.41, 5.74) is 3.03. The quantitative estimate of drug-likeness (QED) is 0.794. The van der Waals surface area contributed by atoms with E-state index in [0.29, 0.717) is 18.3 Å². The van der Waals surface area contributed by atoms with Crippen molar-refractivity contribution in [3.63, 3.8) is 0 Å². The normalized spacial score (nSPS) is 19.6. The number of nitrogens with zero attached hydrogens (tertiary/aromatic N) is 4. The van der Waals surface area contributed by atoms with Crippen LogP contribution < -0.4 is 0 Å². The molecule has 0 spiro atoms. The SMILES string of the molecule is CN(Cc1nc(-c2cccnc2)no1)[C@H]1Cc2ccccc2[C@H]1O. The lowest BCUT2D eigenvalue weighted by Crippen LogP contribution is -2.34. The van der Waals surface area contributed by atoms with Gasteiger partial charge in [-0.05, 0) is 36.7 Å². The van der Waals surface area contributed by atoms with Crippen LogP contribution in [0.1, 0.15) is 23.1 Å². The first-order valence-corrected chi connectivity index (χ1v) is 7.91. The van der Waals surface area contributed by atoms with Crippen LogP contribution in [0.4, 0.5) is 0 Å². The number of aromatic nitrogens is 3. The van der Waals surface area contributed by atoms with Crippen molar-refractivity contribution in [3.05, 3.63) is 65.8 Å². The molecule has 6 nitrogen and oxygen atoms in total. The van der Waals surface area contributed by atoms with Crippen molar-refractivity contribution in [2.75, 3.05) is 7.05 Å². The van der Waals surface area contributed by atoms with Gasteiger partial charge in [0.05, 0.1) is 12.6 Å². The van der Waals surface area contributed by atoms with E-state index < -0.39 is 6.10 Å². The minimum absolute atomic E-state index is 0.0103. The van der Waals surface area contributed by atoms with Crippen molar-refractivity contribution in [2.45, 2.75) is 25.1 Å². The van der Waals surface area contributed by atoms with Crippen LogP contribution in [-0.4, -0.2) is 38.2 Å². The molecule has 0 radical (unpaired) electrons. The lowest BCUT2D eigenvalue weighted by Gasteiger charge is -2.25. The average Bonchev–Trinajstić information content (AvgIpc) is 3.21. The molecule has 0 saturated heterocycles. The zero-order valence-electron chi connectivity index (χ0n) is 13.3. The molecular formula is C18H18N4O2. The first-order valence-electron chi connectivity index (χ1n) is 7.91. The zero-order chi connectivity index (χ0) is 16.5. The van der Waals surface area contributed by atoms with Crippen LogP contribution in [0, 0.1) is 0 Å². The molecule has 2 atom stereocenters. The number of hydrogen-bond donors (Lipinski definition) is 1. The molecular weight excluding hydrogens is 304 g/mol. The Bertz CT molecular complexity index is 834. The fraction of sp³-hybridized carbons (Fsp3) is 0.278. The van der Waals surface area contributed by atoms with Crippen molar-refractivity contribution in [2.24, 2.45) is 0 Å². The number of aliphatic hydroxyl groups excluding tert-OH is 1. The molecule has 1 N–H and O–H groups in total. The highest BCUT2D eigenvalue weighted by Crippen LogP contribution is 2.34. The van der Waals surface area contributed by atoms with Crippen molar-refractivity contribution in [3.8, 4) is 11.4 Å². The highest BCUT2D eigenvalue weighted by Gasteiger charge is 2.33. The third-order valence-electron chi connectivity index (χ3n) is 4.51. The summed E-state index contributed by atoms with van der Waals surface area (Å²) in [4.78, 5) is 10.5. The average molecular weight is 322 g/mol. The van der Waals surface area contributed by atoms with Crippen molar-refractivity contribution < 1.29 is 9.63 Å². The number of likely N-dealkylation sites (N-methyl/N-ethyl adjacent to an activating group) is 1. The van der Waals surface area contributed by atoms with Gasteiger partial charge in [-0.25, -0.2) is 0 Å². The molecule has 0 bridgehead atoms. The van der Waals surface area contributed by atoms with Gasteiger partial charge >= 0.3 is 0 Å². The molecule has 122 valence electrons. The van der Waals surface area contributed by atoms with Crippen molar-refractivity contribution in [1.82, 2.24) is 20.0 Å². The van der Waals surface area contributed by atoms with E-state index in [-0.39, 0.29) is 6.04 Å². The molecule has 2 heterocycles. The molecule has 0 aliphatic heterocycles. The van der Waals surface area contributed by atoms with E-state index in [1.165, 1.54) is 5.56 Å². The van der Waals surface area contributed by atoms with Crippen LogP contribution in [0.15, 0.2) is 53.3 Å². The van der Waals surface area contributed by atoms with E-state index in [2.05, 4.69) is 26.1 Å². The van der Waals surface area contributed by atoms with Crippen LogP contribution >= 0.6 is 0 Å². The second-order valence-electron chi connectivity index (χ2n) is 6.08. The van der Waals surface area contributed by atoms with Gasteiger partial charge in [0.2, 0.25) is 11.7 Å². The fourth-order valence-electron chi connectivity index (χ4n) is 3.21. The molecule has 6 heteroatoms. The zero-order valence-corrected chi connectivity index (χ0v) is 13.3. The largest absolute Gasteiger partial charge is 0.387 e. The molecule has 0 saturated carbocycles. The maximum Gasteiger partial charge on any atom is 0.241 e. The molecule has 24 heavy (non-hydrogen) atoms. The predicted molar refractivity (Wildman–Crippen MR) is 87.9 cm³/mol. The summed E-state index contributed by atoms with van der Waals surface area (Å²) < 4.78 is 5.35. The second kappa shape index (κ2) is 6.14. The number of fused-ring (bicyclic) bond motifs is 1. The van der Waals surface area contributed by atoms with E-state index in [9.17, 15) is 5.11 Å². The molecule has 3 aromatic rings. The Labute approximate surface area is 139 Å². The van der Waals surface area contributed by atoms with E-state index in [4.69, 9.17) is 4.52 Å². The Morgan fingerprint density at radius 2 is 2.12 bits per heavy atom. The standard InChI is InChI=1S/C18H18N4O2/c1-22(15-9-12-5-2-3-7-14(12)17(15)23)11-16-20-18(21-24-16)13-6-4-8-19-10-13/h2-8,10,15,17,23H,9,11H2,1H3/t15-,17+/m0/s1. The Morgan fingerprint density at radius 3 is 2.92 bits per heavy atom. The van der Waals surface area contributed by atoms with Gasteiger partial charge in [0.25, 0.3) is 0 Å². The monoisotopic (exact) mass is 322 g/mol. The summed E-state index contributed by atoms with van der Waals surface area (Å²) in [7, 11) is 1.97. The number of pyridine rings is 1. The predicted octanol–water partition coefficient (Wildman–Crippen LogP) is 2.22. The minimum Gasteiger partial charge on any atom is -0.387 e. The second-order valence-corrected chi connectivity index (χ2v) is 6.08. The van der Waals surface area contributed by atoms with Gasteiger partial charge in [-0.3, -0.25) is 9.88 Å². The number of benzene rings is 1. The summed E-state index contributed by atoms with van der Waals surface area (Å²) in [5, 5.41) is 14.6. The minimum atomic E-state index is -0.494. The number of aliphatic hydroxyl groups is 1. The topological polar surface area (TPSA) is 75.3 Å². The lowest BCUT2D eigenvalue weighted by molar-refractivity contribution is 0.0664.